The summed E-state index contributed by atoms with van der Waals surface area (Å²) in [7, 11) is 0. The fraction of sp³-hybridized carbons (Fsp3) is 0.143. The molecule has 0 fully saturated rings. The Hall–Kier alpha value is -0.450. The van der Waals surface area contributed by atoms with Gasteiger partial charge in [0.25, 0.3) is 0 Å². The molecule has 2 rings (SSSR count). The van der Waals surface area contributed by atoms with E-state index in [0.29, 0.717) is 17.0 Å². The van der Waals surface area contributed by atoms with Crippen LogP contribution in [-0.4, -0.2) is 0 Å². The van der Waals surface area contributed by atoms with E-state index < -0.39 is 11.6 Å². The first-order chi connectivity index (χ1) is 8.97. The lowest BCUT2D eigenvalue weighted by Gasteiger charge is -2.12. The molecule has 5 heteroatoms. The summed E-state index contributed by atoms with van der Waals surface area (Å²) in [6.07, 6.45) is 0.551. The molecule has 0 nitrogen and oxygen atoms in total. The van der Waals surface area contributed by atoms with Gasteiger partial charge in [-0.3, -0.25) is 0 Å². The van der Waals surface area contributed by atoms with E-state index in [-0.39, 0.29) is 9.30 Å². The summed E-state index contributed by atoms with van der Waals surface area (Å²) in [5.41, 5.74) is 1.30. The molecule has 2 aromatic carbocycles. The topological polar surface area (TPSA) is 0 Å². The van der Waals surface area contributed by atoms with Gasteiger partial charge in [-0.05, 0) is 52.2 Å². The van der Waals surface area contributed by atoms with E-state index in [1.54, 1.807) is 12.1 Å². The van der Waals surface area contributed by atoms with Gasteiger partial charge < -0.3 is 0 Å². The van der Waals surface area contributed by atoms with Gasteiger partial charge in [-0.15, -0.1) is 0 Å². The minimum absolute atomic E-state index is 0.125. The Morgan fingerprint density at radius 1 is 1.05 bits per heavy atom. The number of hydrogen-bond donors (Lipinski definition) is 0. The van der Waals surface area contributed by atoms with E-state index in [1.807, 2.05) is 12.1 Å². The molecule has 19 heavy (non-hydrogen) atoms. The molecule has 0 aliphatic heterocycles. The molecule has 0 N–H and O–H groups in total. The Kier molecular flexibility index (Phi) is 4.98. The van der Waals surface area contributed by atoms with Gasteiger partial charge in [-0.1, -0.05) is 39.7 Å². The van der Waals surface area contributed by atoms with Gasteiger partial charge in [0.1, 0.15) is 11.6 Å². The molecule has 0 aliphatic carbocycles. The third-order valence-electron chi connectivity index (χ3n) is 2.71. The van der Waals surface area contributed by atoms with Crippen molar-refractivity contribution in [3.63, 3.8) is 0 Å². The molecule has 0 heterocycles. The largest absolute Gasteiger partial charge is 0.207 e. The van der Waals surface area contributed by atoms with Crippen LogP contribution in [0.25, 0.3) is 0 Å². The normalized spacial score (nSPS) is 12.5. The van der Waals surface area contributed by atoms with Gasteiger partial charge in [0.2, 0.25) is 0 Å². The van der Waals surface area contributed by atoms with E-state index in [4.69, 9.17) is 11.6 Å². The van der Waals surface area contributed by atoms with Crippen molar-refractivity contribution < 1.29 is 8.78 Å². The minimum atomic E-state index is -0.475. The summed E-state index contributed by atoms with van der Waals surface area (Å²) in [6.45, 7) is 0. The van der Waals surface area contributed by atoms with Crippen molar-refractivity contribution in [2.24, 2.45) is 0 Å². The zero-order chi connectivity index (χ0) is 14.0. The lowest BCUT2D eigenvalue weighted by Crippen LogP contribution is -2.00. The van der Waals surface area contributed by atoms with E-state index in [2.05, 4.69) is 31.9 Å². The number of halogens is 5. The van der Waals surface area contributed by atoms with Crippen LogP contribution in [-0.2, 0) is 6.42 Å². The molecule has 0 spiro atoms. The van der Waals surface area contributed by atoms with Gasteiger partial charge in [0.05, 0.1) is 4.47 Å². The molecule has 0 aromatic heterocycles. The predicted molar refractivity (Wildman–Crippen MR) is 80.9 cm³/mol. The van der Waals surface area contributed by atoms with Crippen molar-refractivity contribution in [3.05, 3.63) is 68.7 Å². The summed E-state index contributed by atoms with van der Waals surface area (Å²) in [6, 6.07) is 9.62. The maximum atomic E-state index is 13.8. The Labute approximate surface area is 132 Å². The highest BCUT2D eigenvalue weighted by atomic mass is 79.9. The monoisotopic (exact) mass is 408 g/mol. The number of benzene rings is 2. The molecule has 2 aromatic rings. The third kappa shape index (κ3) is 3.77. The molecule has 0 saturated carbocycles. The van der Waals surface area contributed by atoms with E-state index in [1.165, 1.54) is 6.07 Å². The fourth-order valence-electron chi connectivity index (χ4n) is 1.72. The maximum absolute atomic E-state index is 13.8. The van der Waals surface area contributed by atoms with Crippen molar-refractivity contribution in [3.8, 4) is 0 Å². The van der Waals surface area contributed by atoms with E-state index in [9.17, 15) is 8.78 Å². The quantitative estimate of drug-likeness (QED) is 0.426. The van der Waals surface area contributed by atoms with E-state index in [0.717, 1.165) is 11.6 Å². The fourth-order valence-corrected chi connectivity index (χ4v) is 2.88. The Morgan fingerprint density at radius 3 is 2.32 bits per heavy atom. The Balaban J connectivity index is 2.22. The highest BCUT2D eigenvalue weighted by molar-refractivity contribution is 9.10. The number of rotatable bonds is 3. The molecular weight excluding hydrogens is 401 g/mol. The maximum Gasteiger partial charge on any atom is 0.137 e. The van der Waals surface area contributed by atoms with Crippen LogP contribution in [0.3, 0.4) is 0 Å². The molecule has 0 saturated heterocycles. The summed E-state index contributed by atoms with van der Waals surface area (Å²) in [5.74, 6) is -0.916. The van der Waals surface area contributed by atoms with Crippen molar-refractivity contribution in [1.82, 2.24) is 0 Å². The summed E-state index contributed by atoms with van der Waals surface area (Å²) in [4.78, 5) is -0.295. The first-order valence-corrected chi connectivity index (χ1v) is 7.59. The average Bonchev–Trinajstić information content (AvgIpc) is 2.36. The zero-order valence-corrected chi connectivity index (χ0v) is 13.6. The highest BCUT2D eigenvalue weighted by Crippen LogP contribution is 2.32. The first-order valence-electron chi connectivity index (χ1n) is 5.50. The van der Waals surface area contributed by atoms with Crippen molar-refractivity contribution in [1.29, 1.82) is 0 Å². The van der Waals surface area contributed by atoms with Crippen molar-refractivity contribution in [2.45, 2.75) is 11.2 Å². The SMILES string of the molecule is Fc1cc(C(Br)Cc2ccc(Cl)cc2)c(F)cc1Br. The minimum Gasteiger partial charge on any atom is -0.207 e. The summed E-state index contributed by atoms with van der Waals surface area (Å²) in [5, 5.41) is 0.649. The van der Waals surface area contributed by atoms with Crippen LogP contribution in [0.1, 0.15) is 16.0 Å². The average molecular weight is 410 g/mol. The second kappa shape index (κ2) is 6.33. The van der Waals surface area contributed by atoms with Gasteiger partial charge in [-0.25, -0.2) is 8.78 Å². The smallest absolute Gasteiger partial charge is 0.137 e. The molecule has 100 valence electrons. The molecule has 0 radical (unpaired) electrons. The van der Waals surface area contributed by atoms with Gasteiger partial charge in [0, 0.05) is 15.4 Å². The van der Waals surface area contributed by atoms with Gasteiger partial charge in [-0.2, -0.15) is 0 Å². The van der Waals surface area contributed by atoms with Crippen LogP contribution >= 0.6 is 43.5 Å². The molecule has 1 atom stereocenters. The molecule has 0 aliphatic rings. The van der Waals surface area contributed by atoms with Crippen molar-refractivity contribution >= 4 is 43.5 Å². The second-order valence-corrected chi connectivity index (χ2v) is 6.48. The van der Waals surface area contributed by atoms with Crippen LogP contribution in [0.2, 0.25) is 5.02 Å². The predicted octanol–water partition coefficient (Wildman–Crippen LogP) is 6.06. The van der Waals surface area contributed by atoms with Crippen LogP contribution in [0.15, 0.2) is 40.9 Å². The van der Waals surface area contributed by atoms with Crippen LogP contribution in [0, 0.1) is 11.6 Å². The van der Waals surface area contributed by atoms with Gasteiger partial charge in [0.15, 0.2) is 0 Å². The lowest BCUT2D eigenvalue weighted by molar-refractivity contribution is 0.579. The lowest BCUT2D eigenvalue weighted by atomic mass is 10.0. The van der Waals surface area contributed by atoms with E-state index >= 15 is 0 Å². The summed E-state index contributed by atoms with van der Waals surface area (Å²) < 4.78 is 27.4. The zero-order valence-electron chi connectivity index (χ0n) is 9.64. The highest BCUT2D eigenvalue weighted by Gasteiger charge is 2.16. The first kappa shape index (κ1) is 14.9. The van der Waals surface area contributed by atoms with Crippen LogP contribution < -0.4 is 0 Å². The van der Waals surface area contributed by atoms with Crippen molar-refractivity contribution in [2.75, 3.05) is 0 Å². The molecule has 0 amide bonds. The number of alkyl halides is 1. The molecule has 1 unspecified atom stereocenters. The van der Waals surface area contributed by atoms with Crippen LogP contribution in [0.5, 0.6) is 0 Å². The molecular formula is C14H9Br2ClF2. The summed E-state index contributed by atoms with van der Waals surface area (Å²) >= 11 is 12.2. The van der Waals surface area contributed by atoms with Crippen LogP contribution in [0.4, 0.5) is 8.78 Å². The van der Waals surface area contributed by atoms with Gasteiger partial charge >= 0.3 is 0 Å². The Bertz CT molecular complexity index is 585. The number of hydrogen-bond acceptors (Lipinski definition) is 0. The second-order valence-electron chi connectivity index (χ2n) is 4.09. The molecule has 0 bridgehead atoms. The standard InChI is InChI=1S/C14H9Br2ClF2/c15-11(5-8-1-3-9(17)4-2-8)10-6-14(19)12(16)7-13(10)18/h1-4,6-7,11H,5H2. The third-order valence-corrected chi connectivity index (χ3v) is 4.38. The Morgan fingerprint density at radius 2 is 1.68 bits per heavy atom.